The van der Waals surface area contributed by atoms with Gasteiger partial charge in [0.15, 0.2) is 0 Å². The SMILES string of the molecule is COC(=O)CCCC(=O)N1CCN2C(=O)OCC2(Cc2ccccc2)C1. The maximum Gasteiger partial charge on any atom is 0.410 e. The van der Waals surface area contributed by atoms with E-state index in [0.29, 0.717) is 38.9 Å². The highest BCUT2D eigenvalue weighted by Gasteiger charge is 2.51. The molecule has 1 atom stereocenters. The number of nitrogens with zero attached hydrogens (tertiary/aromatic N) is 2. The van der Waals surface area contributed by atoms with Crippen LogP contribution in [0.25, 0.3) is 0 Å². The van der Waals surface area contributed by atoms with Gasteiger partial charge in [-0.2, -0.15) is 0 Å². The van der Waals surface area contributed by atoms with Crippen LogP contribution in [0.1, 0.15) is 24.8 Å². The Morgan fingerprint density at radius 2 is 1.96 bits per heavy atom. The molecule has 1 aromatic carbocycles. The van der Waals surface area contributed by atoms with Crippen molar-refractivity contribution in [2.24, 2.45) is 0 Å². The van der Waals surface area contributed by atoms with Crippen molar-refractivity contribution in [2.45, 2.75) is 31.2 Å². The summed E-state index contributed by atoms with van der Waals surface area (Å²) in [7, 11) is 1.34. The third kappa shape index (κ3) is 3.81. The minimum Gasteiger partial charge on any atom is -0.469 e. The average molecular weight is 360 g/mol. The maximum atomic E-state index is 12.6. The molecule has 0 radical (unpaired) electrons. The summed E-state index contributed by atoms with van der Waals surface area (Å²) in [4.78, 5) is 39.4. The maximum absolute atomic E-state index is 12.6. The first kappa shape index (κ1) is 18.2. The number of esters is 1. The van der Waals surface area contributed by atoms with E-state index in [4.69, 9.17) is 4.74 Å². The minimum atomic E-state index is -0.519. The van der Waals surface area contributed by atoms with Gasteiger partial charge in [-0.15, -0.1) is 0 Å². The molecular formula is C19H24N2O5. The van der Waals surface area contributed by atoms with E-state index in [1.165, 1.54) is 7.11 Å². The smallest absolute Gasteiger partial charge is 0.410 e. The van der Waals surface area contributed by atoms with E-state index in [2.05, 4.69) is 4.74 Å². The number of piperazine rings is 1. The Balaban J connectivity index is 1.67. The normalized spacial score (nSPS) is 22.0. The highest BCUT2D eigenvalue weighted by Crippen LogP contribution is 2.32. The molecule has 0 spiro atoms. The van der Waals surface area contributed by atoms with Crippen molar-refractivity contribution < 1.29 is 23.9 Å². The molecule has 0 aliphatic carbocycles. The second-order valence-corrected chi connectivity index (χ2v) is 6.84. The molecule has 0 aromatic heterocycles. The van der Waals surface area contributed by atoms with Crippen LogP contribution in [0.4, 0.5) is 4.79 Å². The lowest BCUT2D eigenvalue weighted by atomic mass is 9.88. The van der Waals surface area contributed by atoms with Gasteiger partial charge in [-0.05, 0) is 12.0 Å². The second kappa shape index (κ2) is 7.76. The van der Waals surface area contributed by atoms with Gasteiger partial charge in [0.25, 0.3) is 0 Å². The molecule has 2 aliphatic heterocycles. The van der Waals surface area contributed by atoms with Crippen LogP contribution in [0, 0.1) is 0 Å². The van der Waals surface area contributed by atoms with Gasteiger partial charge in [-0.3, -0.25) is 14.5 Å². The first-order chi connectivity index (χ1) is 12.5. The lowest BCUT2D eigenvalue weighted by molar-refractivity contribution is -0.141. The Labute approximate surface area is 152 Å². The molecule has 3 rings (SSSR count). The number of carbonyl (C=O) groups excluding carboxylic acids is 3. The van der Waals surface area contributed by atoms with E-state index in [9.17, 15) is 14.4 Å². The highest BCUT2D eigenvalue weighted by atomic mass is 16.6. The number of hydrogen-bond donors (Lipinski definition) is 0. The summed E-state index contributed by atoms with van der Waals surface area (Å²) in [5.74, 6) is -0.307. The predicted octanol–water partition coefficient (Wildman–Crippen LogP) is 1.61. The van der Waals surface area contributed by atoms with Crippen molar-refractivity contribution in [2.75, 3.05) is 33.4 Å². The number of rotatable bonds is 6. The number of methoxy groups -OCH3 is 1. The number of cyclic esters (lactones) is 1. The first-order valence-corrected chi connectivity index (χ1v) is 8.87. The largest absolute Gasteiger partial charge is 0.469 e. The zero-order chi connectivity index (χ0) is 18.6. The van der Waals surface area contributed by atoms with E-state index in [0.717, 1.165) is 5.56 Å². The van der Waals surface area contributed by atoms with Crippen molar-refractivity contribution in [1.29, 1.82) is 0 Å². The molecule has 2 aliphatic rings. The fraction of sp³-hybridized carbons (Fsp3) is 0.526. The van der Waals surface area contributed by atoms with E-state index in [1.807, 2.05) is 30.3 Å². The van der Waals surface area contributed by atoms with E-state index in [1.54, 1.807) is 9.80 Å². The summed E-state index contributed by atoms with van der Waals surface area (Å²) >= 11 is 0. The molecule has 26 heavy (non-hydrogen) atoms. The van der Waals surface area contributed by atoms with Crippen molar-refractivity contribution in [1.82, 2.24) is 9.80 Å². The van der Waals surface area contributed by atoms with Crippen LogP contribution in [0.15, 0.2) is 30.3 Å². The quantitative estimate of drug-likeness (QED) is 0.721. The number of ether oxygens (including phenoxy) is 2. The van der Waals surface area contributed by atoms with Gasteiger partial charge in [-0.1, -0.05) is 30.3 Å². The topological polar surface area (TPSA) is 76.2 Å². The fourth-order valence-electron chi connectivity index (χ4n) is 3.70. The molecule has 2 saturated heterocycles. The molecule has 0 saturated carbocycles. The highest BCUT2D eigenvalue weighted by molar-refractivity contribution is 5.78. The molecule has 7 nitrogen and oxygen atoms in total. The Bertz CT molecular complexity index is 678. The minimum absolute atomic E-state index is 0.000314. The number of carbonyl (C=O) groups is 3. The predicted molar refractivity (Wildman–Crippen MR) is 93.4 cm³/mol. The molecule has 2 amide bonds. The zero-order valence-corrected chi connectivity index (χ0v) is 15.0. The van der Waals surface area contributed by atoms with Crippen molar-refractivity contribution in [3.05, 3.63) is 35.9 Å². The monoisotopic (exact) mass is 360 g/mol. The molecule has 140 valence electrons. The third-order valence-corrected chi connectivity index (χ3v) is 5.06. The van der Waals surface area contributed by atoms with Gasteiger partial charge in [0.05, 0.1) is 7.11 Å². The number of amides is 2. The lowest BCUT2D eigenvalue weighted by Gasteiger charge is -2.44. The number of fused-ring (bicyclic) bond motifs is 1. The molecule has 2 heterocycles. The van der Waals surface area contributed by atoms with E-state index in [-0.39, 0.29) is 31.0 Å². The van der Waals surface area contributed by atoms with Gasteiger partial charge in [0, 0.05) is 38.9 Å². The zero-order valence-electron chi connectivity index (χ0n) is 15.0. The second-order valence-electron chi connectivity index (χ2n) is 6.84. The third-order valence-electron chi connectivity index (χ3n) is 5.06. The average Bonchev–Trinajstić information content (AvgIpc) is 2.98. The van der Waals surface area contributed by atoms with Gasteiger partial charge in [0.1, 0.15) is 12.1 Å². The van der Waals surface area contributed by atoms with Crippen LogP contribution >= 0.6 is 0 Å². The summed E-state index contributed by atoms with van der Waals surface area (Å²) in [5, 5.41) is 0. The van der Waals surface area contributed by atoms with Crippen LogP contribution < -0.4 is 0 Å². The van der Waals surface area contributed by atoms with E-state index >= 15 is 0 Å². The lowest BCUT2D eigenvalue weighted by Crippen LogP contribution is -2.63. The van der Waals surface area contributed by atoms with Crippen LogP contribution in [-0.2, 0) is 25.5 Å². The van der Waals surface area contributed by atoms with Crippen LogP contribution in [0.2, 0.25) is 0 Å². The fourth-order valence-corrected chi connectivity index (χ4v) is 3.70. The molecular weight excluding hydrogens is 336 g/mol. The summed E-state index contributed by atoms with van der Waals surface area (Å²) in [6.07, 6.45) is 1.33. The van der Waals surface area contributed by atoms with Crippen molar-refractivity contribution in [3.8, 4) is 0 Å². The molecule has 1 unspecified atom stereocenters. The Morgan fingerprint density at radius 3 is 2.69 bits per heavy atom. The Hall–Kier alpha value is -2.57. The van der Waals surface area contributed by atoms with Crippen molar-refractivity contribution in [3.63, 3.8) is 0 Å². The van der Waals surface area contributed by atoms with E-state index < -0.39 is 5.54 Å². The molecule has 1 aromatic rings. The Morgan fingerprint density at radius 1 is 1.19 bits per heavy atom. The van der Waals surface area contributed by atoms with Crippen LogP contribution in [0.5, 0.6) is 0 Å². The summed E-state index contributed by atoms with van der Waals surface area (Å²) in [6.45, 7) is 1.69. The molecule has 7 heteroatoms. The van der Waals surface area contributed by atoms with Crippen molar-refractivity contribution >= 4 is 18.0 Å². The molecule has 0 bridgehead atoms. The van der Waals surface area contributed by atoms with Gasteiger partial charge >= 0.3 is 12.1 Å². The summed E-state index contributed by atoms with van der Waals surface area (Å²) in [5.41, 5.74) is 0.588. The number of hydrogen-bond acceptors (Lipinski definition) is 5. The van der Waals surface area contributed by atoms with Gasteiger partial charge < -0.3 is 14.4 Å². The standard InChI is InChI=1S/C19H24N2O5/c1-25-17(23)9-5-8-16(22)20-10-11-21-18(24)26-14-19(21,13-20)12-15-6-3-2-4-7-15/h2-4,6-7H,5,8-14H2,1H3. The van der Waals surface area contributed by atoms with Crippen LogP contribution in [0.3, 0.4) is 0 Å². The molecule has 0 N–H and O–H groups in total. The molecule has 2 fully saturated rings. The Kier molecular flexibility index (Phi) is 5.44. The summed E-state index contributed by atoms with van der Waals surface area (Å²) < 4.78 is 9.92. The first-order valence-electron chi connectivity index (χ1n) is 8.87. The number of benzene rings is 1. The van der Waals surface area contributed by atoms with Gasteiger partial charge in [0.2, 0.25) is 5.91 Å². The summed E-state index contributed by atoms with van der Waals surface area (Å²) in [6, 6.07) is 9.92. The van der Waals surface area contributed by atoms with Gasteiger partial charge in [-0.25, -0.2) is 4.79 Å². The van der Waals surface area contributed by atoms with Crippen LogP contribution in [-0.4, -0.2) is 66.7 Å².